The molecule has 0 heterocycles. The number of aliphatic hydroxyl groups excluding tert-OH is 1. The molecule has 1 atom stereocenters. The average Bonchev–Trinajstić information content (AvgIpc) is 2.46. The van der Waals surface area contributed by atoms with Crippen molar-refractivity contribution in [1.82, 2.24) is 0 Å². The normalized spacial score (nSPS) is 12.7. The van der Waals surface area contributed by atoms with Gasteiger partial charge in [-0.25, -0.2) is 0 Å². The molecule has 0 aliphatic carbocycles. The Bertz CT molecular complexity index is 253. The van der Waals surface area contributed by atoms with Crippen LogP contribution in [-0.4, -0.2) is 27.6 Å². The monoisotopic (exact) mass is 316 g/mol. The lowest BCUT2D eigenvalue weighted by Gasteiger charge is -2.13. The van der Waals surface area contributed by atoms with Crippen LogP contribution in [0.25, 0.3) is 0 Å². The zero-order chi connectivity index (χ0) is 16.6. The van der Waals surface area contributed by atoms with Gasteiger partial charge in [-0.05, 0) is 6.42 Å². The van der Waals surface area contributed by atoms with Gasteiger partial charge in [-0.3, -0.25) is 4.79 Å². The fourth-order valence-electron chi connectivity index (χ4n) is 2.83. The highest BCUT2D eigenvalue weighted by Gasteiger charge is 2.19. The highest BCUT2D eigenvalue weighted by molar-refractivity contribution is 5.69. The zero-order valence-corrected chi connectivity index (χ0v) is 14.3. The van der Waals surface area contributed by atoms with Crippen molar-refractivity contribution < 1.29 is 20.1 Å². The third kappa shape index (κ3) is 14.3. The summed E-state index contributed by atoms with van der Waals surface area (Å²) in [5, 5.41) is 26.7. The Balaban J connectivity index is 3.33. The number of carbonyl (C=O) groups is 1. The van der Waals surface area contributed by atoms with Gasteiger partial charge < -0.3 is 15.3 Å². The third-order valence-electron chi connectivity index (χ3n) is 4.25. The molecule has 0 amide bonds. The number of aliphatic carboxylic acids is 1. The van der Waals surface area contributed by atoms with Crippen LogP contribution in [0, 0.1) is 5.92 Å². The fraction of sp³-hybridized carbons (Fsp3) is 0.944. The summed E-state index contributed by atoms with van der Waals surface area (Å²) in [5.74, 6) is -1.54. The minimum atomic E-state index is -1.52. The second-order valence-corrected chi connectivity index (χ2v) is 6.43. The number of carboxylic acid groups (broad SMARTS) is 1. The Labute approximate surface area is 135 Å². The van der Waals surface area contributed by atoms with Crippen molar-refractivity contribution in [1.29, 1.82) is 0 Å². The topological polar surface area (TPSA) is 77.8 Å². The molecule has 0 fully saturated rings. The minimum absolute atomic E-state index is 0.0621. The Morgan fingerprint density at radius 3 is 1.55 bits per heavy atom. The van der Waals surface area contributed by atoms with E-state index in [2.05, 4.69) is 6.92 Å². The maximum atomic E-state index is 10.9. The van der Waals surface area contributed by atoms with Crippen molar-refractivity contribution >= 4 is 5.97 Å². The van der Waals surface area contributed by atoms with Crippen LogP contribution in [0.1, 0.15) is 96.8 Å². The molecular formula is C18H36O4. The molecule has 0 saturated carbocycles. The van der Waals surface area contributed by atoms with Crippen molar-refractivity contribution in [3.63, 3.8) is 0 Å². The molecule has 0 aliphatic rings. The largest absolute Gasteiger partial charge is 0.481 e. The van der Waals surface area contributed by atoms with Gasteiger partial charge in [-0.15, -0.1) is 0 Å². The first-order chi connectivity index (χ1) is 10.6. The van der Waals surface area contributed by atoms with Crippen LogP contribution in [0.4, 0.5) is 0 Å². The number of aliphatic hydroxyl groups is 2. The third-order valence-corrected chi connectivity index (χ3v) is 4.25. The maximum Gasteiger partial charge on any atom is 0.306 e. The van der Waals surface area contributed by atoms with E-state index < -0.39 is 18.2 Å². The van der Waals surface area contributed by atoms with E-state index in [1.54, 1.807) is 0 Å². The van der Waals surface area contributed by atoms with E-state index in [-0.39, 0.29) is 6.42 Å². The summed E-state index contributed by atoms with van der Waals surface area (Å²) < 4.78 is 0. The van der Waals surface area contributed by atoms with E-state index in [1.807, 2.05) is 0 Å². The van der Waals surface area contributed by atoms with Crippen LogP contribution in [0.15, 0.2) is 0 Å². The first-order valence-electron chi connectivity index (χ1n) is 9.16. The summed E-state index contributed by atoms with van der Waals surface area (Å²) in [5.41, 5.74) is 0. The molecule has 0 saturated heterocycles. The van der Waals surface area contributed by atoms with E-state index in [0.29, 0.717) is 6.42 Å². The van der Waals surface area contributed by atoms with Gasteiger partial charge in [0.05, 0.1) is 5.92 Å². The molecule has 1 unspecified atom stereocenters. The number of rotatable bonds is 16. The van der Waals surface area contributed by atoms with Gasteiger partial charge in [0.1, 0.15) is 0 Å². The first-order valence-corrected chi connectivity index (χ1v) is 9.16. The molecule has 0 aromatic heterocycles. The molecular weight excluding hydrogens is 280 g/mol. The van der Waals surface area contributed by atoms with E-state index >= 15 is 0 Å². The van der Waals surface area contributed by atoms with E-state index in [9.17, 15) is 4.79 Å². The lowest BCUT2D eigenvalue weighted by molar-refractivity contribution is -0.146. The van der Waals surface area contributed by atoms with Crippen LogP contribution < -0.4 is 0 Å². The van der Waals surface area contributed by atoms with E-state index in [4.69, 9.17) is 15.3 Å². The summed E-state index contributed by atoms with van der Waals surface area (Å²) in [7, 11) is 0. The lowest BCUT2D eigenvalue weighted by atomic mass is 9.97. The molecule has 0 spiro atoms. The molecule has 0 radical (unpaired) electrons. The van der Waals surface area contributed by atoms with E-state index in [1.165, 1.54) is 57.8 Å². The second kappa shape index (κ2) is 15.3. The van der Waals surface area contributed by atoms with Crippen LogP contribution in [0.5, 0.6) is 0 Å². The lowest BCUT2D eigenvalue weighted by Crippen LogP contribution is -2.20. The zero-order valence-electron chi connectivity index (χ0n) is 14.3. The smallest absolute Gasteiger partial charge is 0.306 e. The molecule has 0 aliphatic heterocycles. The standard InChI is InChI=1S/C18H36O4/c1-2-3-4-5-6-7-8-9-10-11-12-13-14-16(18(21)22)15-17(19)20/h16-17,19-20H,2-15H2,1H3,(H,21,22). The van der Waals surface area contributed by atoms with Gasteiger partial charge in [0, 0.05) is 6.42 Å². The molecule has 0 aromatic rings. The Kier molecular flexibility index (Phi) is 14.9. The van der Waals surface area contributed by atoms with Crippen molar-refractivity contribution in [2.75, 3.05) is 0 Å². The Morgan fingerprint density at radius 2 is 1.18 bits per heavy atom. The molecule has 22 heavy (non-hydrogen) atoms. The number of carboxylic acids is 1. The number of hydrogen-bond donors (Lipinski definition) is 3. The van der Waals surface area contributed by atoms with Crippen molar-refractivity contribution in [3.8, 4) is 0 Å². The maximum absolute atomic E-state index is 10.9. The average molecular weight is 316 g/mol. The second-order valence-electron chi connectivity index (χ2n) is 6.43. The highest BCUT2D eigenvalue weighted by Crippen LogP contribution is 2.17. The summed E-state index contributed by atoms with van der Waals surface area (Å²) in [6.07, 6.45) is 14.0. The number of hydrogen-bond acceptors (Lipinski definition) is 3. The van der Waals surface area contributed by atoms with Crippen LogP contribution in [0.3, 0.4) is 0 Å². The van der Waals surface area contributed by atoms with Crippen molar-refractivity contribution in [2.45, 2.75) is 103 Å². The predicted octanol–water partition coefficient (Wildman–Crippen LogP) is 4.48. The summed E-state index contributed by atoms with van der Waals surface area (Å²) in [4.78, 5) is 10.9. The number of unbranched alkanes of at least 4 members (excludes halogenated alkanes) is 11. The van der Waals surface area contributed by atoms with E-state index in [0.717, 1.165) is 19.3 Å². The molecule has 3 N–H and O–H groups in total. The molecule has 0 rings (SSSR count). The van der Waals surface area contributed by atoms with Gasteiger partial charge in [0.15, 0.2) is 6.29 Å². The Hall–Kier alpha value is -0.610. The molecule has 0 aromatic carbocycles. The summed E-state index contributed by atoms with van der Waals surface area (Å²) >= 11 is 0. The molecule has 132 valence electrons. The van der Waals surface area contributed by atoms with Crippen LogP contribution >= 0.6 is 0 Å². The summed E-state index contributed by atoms with van der Waals surface area (Å²) in [6, 6.07) is 0. The predicted molar refractivity (Wildman–Crippen MR) is 89.7 cm³/mol. The Morgan fingerprint density at radius 1 is 0.773 bits per heavy atom. The fourth-order valence-corrected chi connectivity index (χ4v) is 2.83. The SMILES string of the molecule is CCCCCCCCCCCCCCC(CC(O)O)C(=O)O. The van der Waals surface area contributed by atoms with Gasteiger partial charge in [-0.2, -0.15) is 0 Å². The molecule has 4 nitrogen and oxygen atoms in total. The van der Waals surface area contributed by atoms with Gasteiger partial charge >= 0.3 is 5.97 Å². The van der Waals surface area contributed by atoms with Crippen LogP contribution in [-0.2, 0) is 4.79 Å². The molecule has 4 heteroatoms. The quantitative estimate of drug-likeness (QED) is 0.290. The summed E-state index contributed by atoms with van der Waals surface area (Å²) in [6.45, 7) is 2.24. The van der Waals surface area contributed by atoms with Crippen molar-refractivity contribution in [3.05, 3.63) is 0 Å². The van der Waals surface area contributed by atoms with Gasteiger partial charge in [0.25, 0.3) is 0 Å². The highest BCUT2D eigenvalue weighted by atomic mass is 16.5. The van der Waals surface area contributed by atoms with Gasteiger partial charge in [-0.1, -0.05) is 84.0 Å². The first kappa shape index (κ1) is 21.4. The van der Waals surface area contributed by atoms with Crippen molar-refractivity contribution in [2.24, 2.45) is 5.92 Å². The van der Waals surface area contributed by atoms with Gasteiger partial charge in [0.2, 0.25) is 0 Å². The van der Waals surface area contributed by atoms with Crippen LogP contribution in [0.2, 0.25) is 0 Å². The minimum Gasteiger partial charge on any atom is -0.481 e. The molecule has 0 bridgehead atoms.